The van der Waals surface area contributed by atoms with Crippen LogP contribution in [0.5, 0.6) is 0 Å². The Labute approximate surface area is 122 Å². The Balaban J connectivity index is 1.57. The van der Waals surface area contributed by atoms with Crippen LogP contribution in [-0.2, 0) is 9.53 Å². The van der Waals surface area contributed by atoms with E-state index in [4.69, 9.17) is 4.74 Å². The van der Waals surface area contributed by atoms with E-state index in [0.717, 1.165) is 25.5 Å². The van der Waals surface area contributed by atoms with Crippen LogP contribution in [0.4, 0.5) is 8.78 Å². The molecule has 1 amide bonds. The minimum absolute atomic E-state index is 0.116. The van der Waals surface area contributed by atoms with Gasteiger partial charge in [-0.05, 0) is 42.5 Å². The Morgan fingerprint density at radius 2 is 1.81 bits per heavy atom. The molecule has 2 saturated heterocycles. The molecule has 0 aromatic heterocycles. The van der Waals surface area contributed by atoms with E-state index in [1.54, 1.807) is 4.90 Å². The van der Waals surface area contributed by atoms with Crippen molar-refractivity contribution in [3.05, 3.63) is 41.5 Å². The molecule has 1 aromatic rings. The number of epoxide rings is 1. The first-order valence-electron chi connectivity index (χ1n) is 7.16. The molecule has 0 saturated carbocycles. The standard InChI is InChI=1S/C16H17F2NO2/c17-13-7-11(8-14(18)9-13)1-2-16(20)19-5-3-12(4-6-19)15-10-21-15/h1-2,7-9,12,15H,3-6,10H2. The van der Waals surface area contributed by atoms with Crippen LogP contribution in [-0.4, -0.2) is 36.6 Å². The first-order valence-corrected chi connectivity index (χ1v) is 7.16. The van der Waals surface area contributed by atoms with Gasteiger partial charge in [0.1, 0.15) is 11.6 Å². The number of rotatable bonds is 3. The van der Waals surface area contributed by atoms with E-state index in [2.05, 4.69) is 0 Å². The molecule has 2 heterocycles. The fraction of sp³-hybridized carbons (Fsp3) is 0.438. The molecule has 5 heteroatoms. The van der Waals surface area contributed by atoms with E-state index in [1.807, 2.05) is 0 Å². The summed E-state index contributed by atoms with van der Waals surface area (Å²) in [5.74, 6) is -0.843. The van der Waals surface area contributed by atoms with Gasteiger partial charge in [0, 0.05) is 25.2 Å². The highest BCUT2D eigenvalue weighted by molar-refractivity contribution is 5.91. The van der Waals surface area contributed by atoms with Crippen LogP contribution in [0, 0.1) is 17.6 Å². The number of amides is 1. The molecule has 0 aliphatic carbocycles. The number of likely N-dealkylation sites (tertiary alicyclic amines) is 1. The van der Waals surface area contributed by atoms with Gasteiger partial charge >= 0.3 is 0 Å². The third-order valence-electron chi connectivity index (χ3n) is 4.04. The van der Waals surface area contributed by atoms with E-state index in [-0.39, 0.29) is 5.91 Å². The van der Waals surface area contributed by atoms with Crippen LogP contribution in [0.2, 0.25) is 0 Å². The van der Waals surface area contributed by atoms with Crippen molar-refractivity contribution in [2.24, 2.45) is 5.92 Å². The number of carbonyl (C=O) groups excluding carboxylic acids is 1. The molecular formula is C16H17F2NO2. The maximum absolute atomic E-state index is 13.1. The Morgan fingerprint density at radius 3 is 2.38 bits per heavy atom. The van der Waals surface area contributed by atoms with Crippen LogP contribution >= 0.6 is 0 Å². The minimum Gasteiger partial charge on any atom is -0.373 e. The summed E-state index contributed by atoms with van der Waals surface area (Å²) in [5, 5.41) is 0. The third-order valence-corrected chi connectivity index (χ3v) is 4.04. The summed E-state index contributed by atoms with van der Waals surface area (Å²) >= 11 is 0. The van der Waals surface area contributed by atoms with Gasteiger partial charge in [-0.1, -0.05) is 0 Å². The second-order valence-electron chi connectivity index (χ2n) is 5.57. The zero-order valence-electron chi connectivity index (χ0n) is 11.6. The van der Waals surface area contributed by atoms with Crippen molar-refractivity contribution in [3.63, 3.8) is 0 Å². The molecule has 112 valence electrons. The van der Waals surface area contributed by atoms with E-state index in [1.165, 1.54) is 24.3 Å². The topological polar surface area (TPSA) is 32.8 Å². The van der Waals surface area contributed by atoms with Gasteiger partial charge in [-0.3, -0.25) is 4.79 Å². The van der Waals surface area contributed by atoms with Crippen molar-refractivity contribution in [3.8, 4) is 0 Å². The maximum Gasteiger partial charge on any atom is 0.246 e. The van der Waals surface area contributed by atoms with E-state index < -0.39 is 11.6 Å². The van der Waals surface area contributed by atoms with Crippen molar-refractivity contribution in [2.45, 2.75) is 18.9 Å². The summed E-state index contributed by atoms with van der Waals surface area (Å²) in [6.45, 7) is 2.28. The van der Waals surface area contributed by atoms with E-state index in [0.29, 0.717) is 30.7 Å². The lowest BCUT2D eigenvalue weighted by Crippen LogP contribution is -2.38. The Hall–Kier alpha value is -1.75. The third kappa shape index (κ3) is 3.67. The van der Waals surface area contributed by atoms with Gasteiger partial charge in [0.25, 0.3) is 0 Å². The van der Waals surface area contributed by atoms with Gasteiger partial charge in [-0.2, -0.15) is 0 Å². The highest BCUT2D eigenvalue weighted by Crippen LogP contribution is 2.29. The molecule has 0 N–H and O–H groups in total. The smallest absolute Gasteiger partial charge is 0.246 e. The zero-order chi connectivity index (χ0) is 14.8. The molecule has 0 bridgehead atoms. The fourth-order valence-corrected chi connectivity index (χ4v) is 2.76. The second kappa shape index (κ2) is 5.93. The quantitative estimate of drug-likeness (QED) is 0.634. The minimum atomic E-state index is -0.646. The molecule has 1 unspecified atom stereocenters. The van der Waals surface area contributed by atoms with Crippen LogP contribution in [0.15, 0.2) is 24.3 Å². The lowest BCUT2D eigenvalue weighted by molar-refractivity contribution is -0.127. The second-order valence-corrected chi connectivity index (χ2v) is 5.57. The van der Waals surface area contributed by atoms with Crippen molar-refractivity contribution >= 4 is 12.0 Å². The molecule has 0 spiro atoms. The average molecular weight is 293 g/mol. The lowest BCUT2D eigenvalue weighted by atomic mass is 9.94. The van der Waals surface area contributed by atoms with Gasteiger partial charge in [0.15, 0.2) is 0 Å². The Kier molecular flexibility index (Phi) is 4.01. The number of carbonyl (C=O) groups is 1. The van der Waals surface area contributed by atoms with Crippen LogP contribution in [0.25, 0.3) is 6.08 Å². The SMILES string of the molecule is O=C(C=Cc1cc(F)cc(F)c1)N1CCC(C2CO2)CC1. The Morgan fingerprint density at radius 1 is 1.19 bits per heavy atom. The molecule has 1 aromatic carbocycles. The highest BCUT2D eigenvalue weighted by Gasteiger charge is 2.35. The molecule has 21 heavy (non-hydrogen) atoms. The number of piperidine rings is 1. The number of nitrogens with zero attached hydrogens (tertiary/aromatic N) is 1. The largest absolute Gasteiger partial charge is 0.373 e. The van der Waals surface area contributed by atoms with Crippen molar-refractivity contribution in [1.29, 1.82) is 0 Å². The van der Waals surface area contributed by atoms with E-state index in [9.17, 15) is 13.6 Å². The predicted molar refractivity (Wildman–Crippen MR) is 74.4 cm³/mol. The summed E-state index contributed by atoms with van der Waals surface area (Å²) in [6.07, 6.45) is 5.14. The van der Waals surface area contributed by atoms with Gasteiger partial charge in [-0.15, -0.1) is 0 Å². The average Bonchev–Trinajstić information content (AvgIpc) is 3.28. The van der Waals surface area contributed by atoms with Crippen LogP contribution in [0.3, 0.4) is 0 Å². The van der Waals surface area contributed by atoms with Gasteiger partial charge in [-0.25, -0.2) is 8.78 Å². The van der Waals surface area contributed by atoms with Crippen molar-refractivity contribution in [1.82, 2.24) is 4.90 Å². The molecule has 2 aliphatic rings. The monoisotopic (exact) mass is 293 g/mol. The first-order chi connectivity index (χ1) is 10.1. The first kappa shape index (κ1) is 14.2. The molecule has 0 radical (unpaired) electrons. The molecule has 3 nitrogen and oxygen atoms in total. The number of halogens is 2. The van der Waals surface area contributed by atoms with Gasteiger partial charge in [0.2, 0.25) is 5.91 Å². The molecule has 1 atom stereocenters. The van der Waals surface area contributed by atoms with Crippen molar-refractivity contribution < 1.29 is 18.3 Å². The zero-order valence-corrected chi connectivity index (χ0v) is 11.6. The molecule has 2 fully saturated rings. The van der Waals surface area contributed by atoms with Crippen molar-refractivity contribution in [2.75, 3.05) is 19.7 Å². The Bertz CT molecular complexity index is 541. The summed E-state index contributed by atoms with van der Waals surface area (Å²) in [6, 6.07) is 3.21. The highest BCUT2D eigenvalue weighted by atomic mass is 19.1. The summed E-state index contributed by atoms with van der Waals surface area (Å²) in [5.41, 5.74) is 0.349. The molecule has 3 rings (SSSR count). The lowest BCUT2D eigenvalue weighted by Gasteiger charge is -2.30. The maximum atomic E-state index is 13.1. The molecule has 2 aliphatic heterocycles. The number of benzene rings is 1. The number of hydrogen-bond acceptors (Lipinski definition) is 2. The summed E-state index contributed by atoms with van der Waals surface area (Å²) < 4.78 is 31.4. The van der Waals surface area contributed by atoms with Crippen LogP contribution in [0.1, 0.15) is 18.4 Å². The van der Waals surface area contributed by atoms with Gasteiger partial charge < -0.3 is 9.64 Å². The normalized spacial score (nSPS) is 22.8. The van der Waals surface area contributed by atoms with Gasteiger partial charge in [0.05, 0.1) is 12.7 Å². The number of hydrogen-bond donors (Lipinski definition) is 0. The van der Waals surface area contributed by atoms with E-state index >= 15 is 0 Å². The summed E-state index contributed by atoms with van der Waals surface area (Å²) in [7, 11) is 0. The molecular weight excluding hydrogens is 276 g/mol. The summed E-state index contributed by atoms with van der Waals surface area (Å²) in [4.78, 5) is 13.8. The fourth-order valence-electron chi connectivity index (χ4n) is 2.76. The number of ether oxygens (including phenoxy) is 1. The predicted octanol–water partition coefficient (Wildman–Crippen LogP) is 2.62. The van der Waals surface area contributed by atoms with Crippen LogP contribution < -0.4 is 0 Å².